The summed E-state index contributed by atoms with van der Waals surface area (Å²) in [7, 11) is 1.52. The van der Waals surface area contributed by atoms with E-state index in [4.69, 9.17) is 9.47 Å². The van der Waals surface area contributed by atoms with E-state index in [-0.39, 0.29) is 17.8 Å². The molecule has 0 heterocycles. The first-order chi connectivity index (χ1) is 20.8. The Labute approximate surface area is 267 Å². The Bertz CT molecular complexity index is 1310. The molecule has 0 bridgehead atoms. The highest BCUT2D eigenvalue weighted by Crippen LogP contribution is 2.88. The molecule has 5 saturated carbocycles. The van der Waals surface area contributed by atoms with Crippen LogP contribution in [0.3, 0.4) is 0 Å². The summed E-state index contributed by atoms with van der Waals surface area (Å²) in [4.78, 5) is 12.9. The number of hydrogen-bond acceptors (Lipinski definition) is 4. The van der Waals surface area contributed by atoms with Crippen LogP contribution in [0.15, 0.2) is 36.4 Å². The molecule has 4 nitrogen and oxygen atoms in total. The summed E-state index contributed by atoms with van der Waals surface area (Å²) in [5, 5.41) is 9.86. The molecule has 1 aromatic rings. The molecule has 44 heavy (non-hydrogen) atoms. The number of carbonyl (C=O) groups excluding carboxylic acids is 1. The number of aromatic hydroxyl groups is 1. The molecule has 5 fully saturated rings. The Kier molecular flexibility index (Phi) is 8.10. The molecule has 0 saturated heterocycles. The summed E-state index contributed by atoms with van der Waals surface area (Å²) in [6, 6.07) is 5.08. The second-order valence-corrected chi connectivity index (χ2v) is 16.7. The third kappa shape index (κ3) is 4.70. The smallest absolute Gasteiger partial charge is 0.331 e. The fraction of sp³-hybridized carbons (Fsp3) is 0.725. The van der Waals surface area contributed by atoms with Crippen molar-refractivity contribution in [2.24, 2.45) is 57.2 Å². The minimum absolute atomic E-state index is 0.00641. The Morgan fingerprint density at radius 3 is 2.55 bits per heavy atom. The molecule has 0 amide bonds. The first-order valence-electron chi connectivity index (χ1n) is 17.8. The fourth-order valence-electron chi connectivity index (χ4n) is 12.2. The van der Waals surface area contributed by atoms with Gasteiger partial charge in [0.1, 0.15) is 6.10 Å². The largest absolute Gasteiger partial charge is 0.504 e. The molecule has 10 atom stereocenters. The lowest BCUT2D eigenvalue weighted by Crippen LogP contribution is -2.56. The fourth-order valence-corrected chi connectivity index (χ4v) is 12.2. The van der Waals surface area contributed by atoms with E-state index in [0.717, 1.165) is 29.7 Å². The monoisotopic (exact) mass is 602 g/mol. The van der Waals surface area contributed by atoms with Gasteiger partial charge in [-0.15, -0.1) is 0 Å². The average Bonchev–Trinajstić information content (AvgIpc) is 3.58. The number of phenols is 1. The van der Waals surface area contributed by atoms with Crippen LogP contribution in [0.5, 0.6) is 11.5 Å². The van der Waals surface area contributed by atoms with Crippen LogP contribution in [-0.2, 0) is 9.53 Å². The van der Waals surface area contributed by atoms with Crippen LogP contribution in [-0.4, -0.2) is 24.3 Å². The molecule has 5 aliphatic rings. The first kappa shape index (κ1) is 31.7. The summed E-state index contributed by atoms with van der Waals surface area (Å²) in [6.45, 7) is 19.3. The average molecular weight is 603 g/mol. The summed E-state index contributed by atoms with van der Waals surface area (Å²) in [5.41, 5.74) is 4.11. The summed E-state index contributed by atoms with van der Waals surface area (Å²) < 4.78 is 11.3. The normalized spacial score (nSPS) is 41.3. The molecule has 1 aromatic carbocycles. The number of hydrogen-bond donors (Lipinski definition) is 1. The Hall–Kier alpha value is -2.23. The van der Waals surface area contributed by atoms with E-state index in [0.29, 0.717) is 45.2 Å². The molecule has 0 aliphatic heterocycles. The van der Waals surface area contributed by atoms with Crippen LogP contribution in [0, 0.1) is 57.2 Å². The number of allylic oxidation sites excluding steroid dienone is 1. The number of rotatable bonds is 9. The quantitative estimate of drug-likeness (QED) is 0.174. The van der Waals surface area contributed by atoms with Gasteiger partial charge < -0.3 is 14.6 Å². The molecule has 242 valence electrons. The molecule has 2 spiro atoms. The zero-order valence-electron chi connectivity index (χ0n) is 28.6. The highest BCUT2D eigenvalue weighted by atomic mass is 16.5. The lowest BCUT2D eigenvalue weighted by Gasteiger charge is -2.62. The van der Waals surface area contributed by atoms with Gasteiger partial charge in [0.05, 0.1) is 7.11 Å². The summed E-state index contributed by atoms with van der Waals surface area (Å²) in [6.07, 6.45) is 17.7. The van der Waals surface area contributed by atoms with Gasteiger partial charge in [-0.1, -0.05) is 59.8 Å². The first-order valence-corrected chi connectivity index (χ1v) is 17.8. The third-order valence-corrected chi connectivity index (χ3v) is 15.0. The maximum absolute atomic E-state index is 12.9. The molecule has 6 rings (SSSR count). The predicted molar refractivity (Wildman–Crippen MR) is 178 cm³/mol. The number of esters is 1. The van der Waals surface area contributed by atoms with Crippen molar-refractivity contribution < 1.29 is 19.4 Å². The van der Waals surface area contributed by atoms with Gasteiger partial charge in [-0.2, -0.15) is 0 Å². The molecule has 0 aromatic heterocycles. The molecule has 1 unspecified atom stereocenters. The van der Waals surface area contributed by atoms with E-state index in [1.807, 2.05) is 0 Å². The van der Waals surface area contributed by atoms with Crippen molar-refractivity contribution in [3.8, 4) is 11.5 Å². The zero-order valence-corrected chi connectivity index (χ0v) is 28.6. The van der Waals surface area contributed by atoms with E-state index < -0.39 is 0 Å². The van der Waals surface area contributed by atoms with Crippen molar-refractivity contribution in [1.29, 1.82) is 0 Å². The van der Waals surface area contributed by atoms with Crippen molar-refractivity contribution in [2.75, 3.05) is 7.11 Å². The summed E-state index contributed by atoms with van der Waals surface area (Å²) >= 11 is 0. The second-order valence-electron chi connectivity index (χ2n) is 16.7. The second kappa shape index (κ2) is 11.2. The van der Waals surface area contributed by atoms with E-state index in [1.165, 1.54) is 83.0 Å². The number of fused-ring (bicyclic) bond motifs is 2. The van der Waals surface area contributed by atoms with Gasteiger partial charge >= 0.3 is 5.97 Å². The van der Waals surface area contributed by atoms with Gasteiger partial charge in [-0.3, -0.25) is 0 Å². The molecule has 4 heteroatoms. The van der Waals surface area contributed by atoms with E-state index in [2.05, 4.69) is 48.1 Å². The Morgan fingerprint density at radius 1 is 1.05 bits per heavy atom. The van der Waals surface area contributed by atoms with Gasteiger partial charge in [0, 0.05) is 6.08 Å². The molecule has 1 N–H and O–H groups in total. The number of phenolic OH excluding ortho intramolecular Hbond substituents is 1. The van der Waals surface area contributed by atoms with Gasteiger partial charge in [0.15, 0.2) is 11.5 Å². The number of methoxy groups -OCH3 is 1. The zero-order chi connectivity index (χ0) is 31.7. The van der Waals surface area contributed by atoms with Crippen molar-refractivity contribution in [3.05, 3.63) is 42.0 Å². The maximum Gasteiger partial charge on any atom is 0.331 e. The van der Waals surface area contributed by atoms with Gasteiger partial charge in [0.25, 0.3) is 0 Å². The number of ether oxygens (including phenoxy) is 2. The maximum atomic E-state index is 12.9. The Balaban J connectivity index is 1.12. The lowest BCUT2D eigenvalue weighted by atomic mass is 9.43. The highest BCUT2D eigenvalue weighted by Gasteiger charge is 2.81. The number of benzene rings is 1. The molecule has 5 aliphatic carbocycles. The van der Waals surface area contributed by atoms with Crippen LogP contribution in [0.1, 0.15) is 118 Å². The van der Waals surface area contributed by atoms with Gasteiger partial charge in [-0.05, 0) is 152 Å². The molecular formula is C40H58O4. The van der Waals surface area contributed by atoms with Crippen LogP contribution in [0.25, 0.3) is 6.08 Å². The van der Waals surface area contributed by atoms with Crippen LogP contribution in [0.4, 0.5) is 0 Å². The predicted octanol–water partition coefficient (Wildman–Crippen LogP) is 10.0. The van der Waals surface area contributed by atoms with Crippen LogP contribution in [0.2, 0.25) is 0 Å². The summed E-state index contributed by atoms with van der Waals surface area (Å²) in [5.74, 6) is 4.34. The van der Waals surface area contributed by atoms with E-state index in [9.17, 15) is 9.90 Å². The topological polar surface area (TPSA) is 55.8 Å². The molecule has 0 radical (unpaired) electrons. The standard InChI is InChI=1S/C40H58O4/c1-25(2)26(3)9-10-27(4)30-17-19-38(7)35-15-13-31-28(5)33(18-20-39(31)24-40(35,39)22-21-37(30,38)6)44-36(42)16-12-29-11-14-32(41)34(23-29)43-8/h11-12,14,16,23,25,27-28,30-31,33,35,41H,3,9-10,13,15,17-22,24H2,1-2,4-8H3/b16-12+/t27-,28+,30-,31?,33+,35+,37-,38+,39-,40+/m1/s1. The van der Waals surface area contributed by atoms with Gasteiger partial charge in [0.2, 0.25) is 0 Å². The highest BCUT2D eigenvalue weighted by molar-refractivity contribution is 5.87. The van der Waals surface area contributed by atoms with Crippen LogP contribution < -0.4 is 4.74 Å². The SMILES string of the molecule is C=C(CC[C@@H](C)[C@H]1CC[C@@]2(C)[C@@H]3CCC4[C@H](C)[C@@H](OC(=O)/C=C/c5ccc(O)c(OC)c5)CC[C@@]45C[C@@]35CC[C@]12C)C(C)C. The van der Waals surface area contributed by atoms with Crippen LogP contribution >= 0.6 is 0 Å². The van der Waals surface area contributed by atoms with E-state index >= 15 is 0 Å². The van der Waals surface area contributed by atoms with Crippen molar-refractivity contribution in [2.45, 2.75) is 118 Å². The lowest BCUT2D eigenvalue weighted by molar-refractivity contribution is -0.162. The molecular weight excluding hydrogens is 544 g/mol. The van der Waals surface area contributed by atoms with Crippen molar-refractivity contribution >= 4 is 12.0 Å². The van der Waals surface area contributed by atoms with Crippen molar-refractivity contribution in [1.82, 2.24) is 0 Å². The Morgan fingerprint density at radius 2 is 1.82 bits per heavy atom. The van der Waals surface area contributed by atoms with Crippen molar-refractivity contribution in [3.63, 3.8) is 0 Å². The third-order valence-electron chi connectivity index (χ3n) is 15.0. The minimum Gasteiger partial charge on any atom is -0.504 e. The van der Waals surface area contributed by atoms with E-state index in [1.54, 1.807) is 24.3 Å². The number of carbonyl (C=O) groups is 1. The minimum atomic E-state index is -0.270. The van der Waals surface area contributed by atoms with Gasteiger partial charge in [-0.25, -0.2) is 4.79 Å².